The van der Waals surface area contributed by atoms with Crippen LogP contribution in [0.3, 0.4) is 0 Å². The molecule has 1 fully saturated rings. The number of aryl methyl sites for hydroxylation is 2. The van der Waals surface area contributed by atoms with Crippen molar-refractivity contribution in [3.63, 3.8) is 0 Å². The van der Waals surface area contributed by atoms with Gasteiger partial charge in [-0.05, 0) is 31.4 Å². The summed E-state index contributed by atoms with van der Waals surface area (Å²) in [5, 5.41) is 0. The van der Waals surface area contributed by atoms with E-state index in [0.29, 0.717) is 38.5 Å². The number of hydrogen-bond donors (Lipinski definition) is 0. The Balaban J connectivity index is 1.79. The molecule has 1 heterocycles. The lowest BCUT2D eigenvalue weighted by Gasteiger charge is -2.35. The zero-order valence-electron chi connectivity index (χ0n) is 15.2. The van der Waals surface area contributed by atoms with Gasteiger partial charge in [0.2, 0.25) is 5.91 Å². The minimum absolute atomic E-state index is 0.0223. The van der Waals surface area contributed by atoms with Gasteiger partial charge in [-0.1, -0.05) is 31.5 Å². The van der Waals surface area contributed by atoms with Gasteiger partial charge in [0.25, 0.3) is 5.91 Å². The van der Waals surface area contributed by atoms with E-state index in [1.54, 1.807) is 4.90 Å². The summed E-state index contributed by atoms with van der Waals surface area (Å²) < 4.78 is 5.66. The van der Waals surface area contributed by atoms with Crippen molar-refractivity contribution in [3.05, 3.63) is 29.3 Å². The van der Waals surface area contributed by atoms with Gasteiger partial charge in [0.15, 0.2) is 6.61 Å². The van der Waals surface area contributed by atoms with Gasteiger partial charge in [-0.2, -0.15) is 0 Å². The topological polar surface area (TPSA) is 49.9 Å². The predicted molar refractivity (Wildman–Crippen MR) is 94.0 cm³/mol. The maximum absolute atomic E-state index is 12.3. The van der Waals surface area contributed by atoms with Crippen molar-refractivity contribution in [1.29, 1.82) is 0 Å². The lowest BCUT2D eigenvalue weighted by atomic mass is 10.1. The molecule has 0 saturated carbocycles. The molecule has 2 rings (SSSR count). The van der Waals surface area contributed by atoms with Crippen LogP contribution in [0.2, 0.25) is 0 Å². The van der Waals surface area contributed by atoms with Crippen molar-refractivity contribution < 1.29 is 14.3 Å². The highest BCUT2D eigenvalue weighted by atomic mass is 16.5. The lowest BCUT2D eigenvalue weighted by Crippen LogP contribution is -2.51. The SMILES string of the molecule is Cc1ccc(OCC(=O)N2CCN(C(=O)CC(C)C)CC2)c(C)c1. The van der Waals surface area contributed by atoms with Crippen LogP contribution < -0.4 is 4.74 Å². The second-order valence-electron chi connectivity index (χ2n) is 6.92. The van der Waals surface area contributed by atoms with Gasteiger partial charge < -0.3 is 14.5 Å². The molecule has 0 aliphatic carbocycles. The molecule has 1 aromatic rings. The molecule has 1 aliphatic heterocycles. The van der Waals surface area contributed by atoms with Crippen molar-refractivity contribution >= 4 is 11.8 Å². The standard InChI is InChI=1S/C19H28N2O3/c1-14(2)11-18(22)20-7-9-21(10-8-20)19(23)13-24-17-6-5-15(3)12-16(17)4/h5-6,12,14H,7-11,13H2,1-4H3. The molecule has 0 atom stereocenters. The molecule has 1 aromatic carbocycles. The van der Waals surface area contributed by atoms with Crippen LogP contribution in [0.5, 0.6) is 5.75 Å². The summed E-state index contributed by atoms with van der Waals surface area (Å²) in [5.41, 5.74) is 2.21. The Morgan fingerprint density at radius 3 is 2.17 bits per heavy atom. The Labute approximate surface area is 144 Å². The minimum Gasteiger partial charge on any atom is -0.484 e. The fourth-order valence-corrected chi connectivity index (χ4v) is 2.88. The zero-order chi connectivity index (χ0) is 17.7. The van der Waals surface area contributed by atoms with E-state index >= 15 is 0 Å². The monoisotopic (exact) mass is 332 g/mol. The summed E-state index contributed by atoms with van der Waals surface area (Å²) in [6, 6.07) is 5.92. The van der Waals surface area contributed by atoms with Gasteiger partial charge >= 0.3 is 0 Å². The number of hydrogen-bond acceptors (Lipinski definition) is 3. The van der Waals surface area contributed by atoms with Crippen molar-refractivity contribution in [2.45, 2.75) is 34.1 Å². The molecule has 0 spiro atoms. The molecule has 0 N–H and O–H groups in total. The van der Waals surface area contributed by atoms with Crippen molar-refractivity contribution in [2.75, 3.05) is 32.8 Å². The maximum Gasteiger partial charge on any atom is 0.260 e. The number of ether oxygens (including phenoxy) is 1. The first-order valence-corrected chi connectivity index (χ1v) is 8.62. The fourth-order valence-electron chi connectivity index (χ4n) is 2.88. The first kappa shape index (κ1) is 18.3. The van der Waals surface area contributed by atoms with Crippen molar-refractivity contribution in [3.8, 4) is 5.75 Å². The van der Waals surface area contributed by atoms with E-state index in [1.165, 1.54) is 5.56 Å². The minimum atomic E-state index is -0.0223. The number of piperazine rings is 1. The zero-order valence-corrected chi connectivity index (χ0v) is 15.2. The molecule has 5 heteroatoms. The molecule has 132 valence electrons. The molecule has 2 amide bonds. The normalized spacial score (nSPS) is 14.9. The van der Waals surface area contributed by atoms with Crippen LogP contribution in [0.1, 0.15) is 31.4 Å². The largest absolute Gasteiger partial charge is 0.484 e. The van der Waals surface area contributed by atoms with Gasteiger partial charge in [-0.3, -0.25) is 9.59 Å². The van der Waals surface area contributed by atoms with E-state index in [9.17, 15) is 9.59 Å². The third kappa shape index (κ3) is 4.98. The van der Waals surface area contributed by atoms with Crippen LogP contribution in [-0.4, -0.2) is 54.4 Å². The molecular formula is C19H28N2O3. The van der Waals surface area contributed by atoms with Crippen LogP contribution in [0.4, 0.5) is 0 Å². The molecule has 5 nitrogen and oxygen atoms in total. The molecule has 0 radical (unpaired) electrons. The fraction of sp³-hybridized carbons (Fsp3) is 0.579. The molecule has 0 aromatic heterocycles. The molecular weight excluding hydrogens is 304 g/mol. The number of carbonyl (C=O) groups is 2. The Hall–Kier alpha value is -2.04. The molecule has 1 aliphatic rings. The average Bonchev–Trinajstić information content (AvgIpc) is 2.53. The highest BCUT2D eigenvalue weighted by molar-refractivity contribution is 5.79. The summed E-state index contributed by atoms with van der Waals surface area (Å²) in [5.74, 6) is 1.28. The van der Waals surface area contributed by atoms with Gasteiger partial charge in [-0.15, -0.1) is 0 Å². The van der Waals surface area contributed by atoms with Crippen LogP contribution in [0.15, 0.2) is 18.2 Å². The van der Waals surface area contributed by atoms with E-state index in [1.807, 2.05) is 50.8 Å². The summed E-state index contributed by atoms with van der Waals surface area (Å²) in [6.07, 6.45) is 0.573. The van der Waals surface area contributed by atoms with Gasteiger partial charge in [0.1, 0.15) is 5.75 Å². The first-order chi connectivity index (χ1) is 11.4. The highest BCUT2D eigenvalue weighted by Crippen LogP contribution is 2.18. The Morgan fingerprint density at radius 2 is 1.62 bits per heavy atom. The van der Waals surface area contributed by atoms with E-state index in [4.69, 9.17) is 4.74 Å². The Kier molecular flexibility index (Phi) is 6.23. The summed E-state index contributed by atoms with van der Waals surface area (Å²) >= 11 is 0. The summed E-state index contributed by atoms with van der Waals surface area (Å²) in [4.78, 5) is 28.0. The Morgan fingerprint density at radius 1 is 1.04 bits per heavy atom. The average molecular weight is 332 g/mol. The third-order valence-electron chi connectivity index (χ3n) is 4.25. The Bertz CT molecular complexity index is 590. The molecule has 0 bridgehead atoms. The number of nitrogens with zero attached hydrogens (tertiary/aromatic N) is 2. The van der Waals surface area contributed by atoms with Gasteiger partial charge in [0.05, 0.1) is 0 Å². The van der Waals surface area contributed by atoms with Gasteiger partial charge in [-0.25, -0.2) is 0 Å². The number of amides is 2. The number of rotatable bonds is 5. The second kappa shape index (κ2) is 8.18. The summed E-state index contributed by atoms with van der Waals surface area (Å²) in [6.45, 7) is 10.5. The summed E-state index contributed by atoms with van der Waals surface area (Å²) in [7, 11) is 0. The number of carbonyl (C=O) groups excluding carboxylic acids is 2. The highest BCUT2D eigenvalue weighted by Gasteiger charge is 2.24. The maximum atomic E-state index is 12.3. The van der Waals surface area contributed by atoms with E-state index in [2.05, 4.69) is 0 Å². The van der Waals surface area contributed by atoms with Crippen LogP contribution in [-0.2, 0) is 9.59 Å². The van der Waals surface area contributed by atoms with E-state index in [0.717, 1.165) is 11.3 Å². The van der Waals surface area contributed by atoms with Gasteiger partial charge in [0, 0.05) is 32.6 Å². The van der Waals surface area contributed by atoms with Crippen LogP contribution >= 0.6 is 0 Å². The molecule has 1 saturated heterocycles. The van der Waals surface area contributed by atoms with Crippen molar-refractivity contribution in [1.82, 2.24) is 9.80 Å². The molecule has 0 unspecified atom stereocenters. The predicted octanol–water partition coefficient (Wildman–Crippen LogP) is 2.40. The van der Waals surface area contributed by atoms with Crippen LogP contribution in [0.25, 0.3) is 0 Å². The third-order valence-corrected chi connectivity index (χ3v) is 4.25. The lowest BCUT2D eigenvalue weighted by molar-refractivity contribution is -0.141. The van der Waals surface area contributed by atoms with E-state index in [-0.39, 0.29) is 18.4 Å². The van der Waals surface area contributed by atoms with Crippen LogP contribution in [0, 0.1) is 19.8 Å². The smallest absolute Gasteiger partial charge is 0.260 e. The number of benzene rings is 1. The quantitative estimate of drug-likeness (QED) is 0.832. The van der Waals surface area contributed by atoms with E-state index < -0.39 is 0 Å². The second-order valence-corrected chi connectivity index (χ2v) is 6.92. The first-order valence-electron chi connectivity index (χ1n) is 8.62. The van der Waals surface area contributed by atoms with Crippen molar-refractivity contribution in [2.24, 2.45) is 5.92 Å². The molecule has 24 heavy (non-hydrogen) atoms.